The van der Waals surface area contributed by atoms with Crippen LogP contribution in [-0.4, -0.2) is 14.5 Å². The molecule has 0 aliphatic heterocycles. The minimum atomic E-state index is -0.335. The largest absolute Gasteiger partial charge is 0.349 e. The van der Waals surface area contributed by atoms with E-state index in [2.05, 4.69) is 9.97 Å². The van der Waals surface area contributed by atoms with Gasteiger partial charge in [-0.15, -0.1) is 11.8 Å². The number of hydrogen-bond donors (Lipinski definition) is 0. The van der Waals surface area contributed by atoms with Crippen LogP contribution in [0.5, 0.6) is 0 Å². The first-order valence-electron chi connectivity index (χ1n) is 8.70. The molecule has 0 amide bonds. The average Bonchev–Trinajstić information content (AvgIpc) is 3.15. The maximum absolute atomic E-state index is 14.0. The molecule has 3 aromatic rings. The van der Waals surface area contributed by atoms with Gasteiger partial charge in [-0.2, -0.15) is 4.98 Å². The smallest absolute Gasteiger partial charge is 0.292 e. The molecule has 0 fully saturated rings. The number of rotatable bonds is 5. The molecule has 0 bridgehead atoms. The Morgan fingerprint density at radius 1 is 1.19 bits per heavy atom. The van der Waals surface area contributed by atoms with Crippen molar-refractivity contribution in [1.82, 2.24) is 14.5 Å². The molecule has 0 atom stereocenters. The molecular weight excluding hydrogens is 385 g/mol. The number of thioether (sulfide) groups is 1. The van der Waals surface area contributed by atoms with E-state index >= 15 is 0 Å². The van der Waals surface area contributed by atoms with E-state index in [0.29, 0.717) is 27.9 Å². The van der Waals surface area contributed by atoms with E-state index in [4.69, 9.17) is 11.6 Å². The molecule has 0 spiro atoms. The molecule has 4 rings (SSSR count). The van der Waals surface area contributed by atoms with Gasteiger partial charge in [0, 0.05) is 40.0 Å². The van der Waals surface area contributed by atoms with Gasteiger partial charge in [0.15, 0.2) is 0 Å². The minimum absolute atomic E-state index is 0.269. The zero-order chi connectivity index (χ0) is 18.8. The predicted octanol–water partition coefficient (Wildman–Crippen LogP) is 4.26. The Balaban J connectivity index is 1.65. The second kappa shape index (κ2) is 7.82. The van der Waals surface area contributed by atoms with Crippen molar-refractivity contribution >= 4 is 23.4 Å². The van der Waals surface area contributed by atoms with Gasteiger partial charge in [-0.05, 0) is 49.1 Å². The van der Waals surface area contributed by atoms with Gasteiger partial charge in [0.25, 0.3) is 0 Å². The van der Waals surface area contributed by atoms with Crippen LogP contribution in [0.15, 0.2) is 52.5 Å². The lowest BCUT2D eigenvalue weighted by Gasteiger charge is -2.14. The topological polar surface area (TPSA) is 47.8 Å². The third-order valence-electron chi connectivity index (χ3n) is 4.71. The summed E-state index contributed by atoms with van der Waals surface area (Å²) < 4.78 is 15.8. The third-order valence-corrected chi connectivity index (χ3v) is 6.10. The molecule has 2 aromatic heterocycles. The van der Waals surface area contributed by atoms with Crippen LogP contribution in [0.4, 0.5) is 4.39 Å². The second-order valence-electron chi connectivity index (χ2n) is 6.41. The molecule has 2 heterocycles. The highest BCUT2D eigenvalue weighted by atomic mass is 35.5. The Bertz CT molecular complexity index is 1020. The normalized spacial score (nSPS) is 13.0. The van der Waals surface area contributed by atoms with Gasteiger partial charge in [-0.25, -0.2) is 9.18 Å². The molecule has 0 saturated heterocycles. The van der Waals surface area contributed by atoms with Crippen LogP contribution in [-0.2, 0) is 25.1 Å². The molecule has 1 aromatic carbocycles. The monoisotopic (exact) mass is 401 g/mol. The molecule has 1 aliphatic carbocycles. The highest BCUT2D eigenvalue weighted by molar-refractivity contribution is 7.98. The minimum Gasteiger partial charge on any atom is -0.292 e. The van der Waals surface area contributed by atoms with Gasteiger partial charge in [-0.3, -0.25) is 9.55 Å². The summed E-state index contributed by atoms with van der Waals surface area (Å²) in [5.41, 5.74) is 3.32. The van der Waals surface area contributed by atoms with Gasteiger partial charge in [0.1, 0.15) is 10.8 Å². The molecule has 4 nitrogen and oxygen atoms in total. The number of hydrogen-bond acceptors (Lipinski definition) is 4. The van der Waals surface area contributed by atoms with Crippen molar-refractivity contribution in [3.05, 3.63) is 86.4 Å². The first kappa shape index (κ1) is 18.2. The van der Waals surface area contributed by atoms with E-state index in [1.54, 1.807) is 29.1 Å². The van der Waals surface area contributed by atoms with E-state index < -0.39 is 0 Å². The number of halogens is 2. The van der Waals surface area contributed by atoms with Crippen molar-refractivity contribution in [2.24, 2.45) is 0 Å². The van der Waals surface area contributed by atoms with Crippen LogP contribution in [0.1, 0.15) is 28.8 Å². The molecule has 0 radical (unpaired) electrons. The third kappa shape index (κ3) is 3.77. The van der Waals surface area contributed by atoms with Gasteiger partial charge in [0.05, 0.1) is 6.54 Å². The van der Waals surface area contributed by atoms with Crippen molar-refractivity contribution < 1.29 is 4.39 Å². The average molecular weight is 402 g/mol. The van der Waals surface area contributed by atoms with Crippen molar-refractivity contribution in [3.8, 4) is 0 Å². The zero-order valence-electron chi connectivity index (χ0n) is 14.5. The van der Waals surface area contributed by atoms with Crippen LogP contribution in [0.2, 0.25) is 5.02 Å². The summed E-state index contributed by atoms with van der Waals surface area (Å²) in [4.78, 5) is 21.0. The SMILES string of the molecule is O=c1nc(SCc2c(F)cccc2Cl)c2c(n1Cc1ccncc1)CCC2. The van der Waals surface area contributed by atoms with Crippen molar-refractivity contribution in [2.45, 2.75) is 36.6 Å². The van der Waals surface area contributed by atoms with Crippen LogP contribution in [0.3, 0.4) is 0 Å². The fraction of sp³-hybridized carbons (Fsp3) is 0.250. The Labute approximate surface area is 165 Å². The van der Waals surface area contributed by atoms with E-state index in [1.807, 2.05) is 12.1 Å². The number of benzene rings is 1. The first-order chi connectivity index (χ1) is 13.1. The quantitative estimate of drug-likeness (QED) is 0.473. The van der Waals surface area contributed by atoms with E-state index in [0.717, 1.165) is 36.1 Å². The Hall–Kier alpha value is -2.18. The Morgan fingerprint density at radius 2 is 2.00 bits per heavy atom. The summed E-state index contributed by atoms with van der Waals surface area (Å²) in [6.07, 6.45) is 6.16. The number of nitrogens with zero attached hydrogens (tertiary/aromatic N) is 3. The van der Waals surface area contributed by atoms with E-state index in [-0.39, 0.29) is 11.5 Å². The summed E-state index contributed by atoms with van der Waals surface area (Å²) in [6.45, 7) is 0.487. The van der Waals surface area contributed by atoms with Crippen LogP contribution in [0.25, 0.3) is 0 Å². The highest BCUT2D eigenvalue weighted by Crippen LogP contribution is 2.33. The van der Waals surface area contributed by atoms with Gasteiger partial charge < -0.3 is 0 Å². The standard InChI is InChI=1S/C20H17ClFN3OS/c21-16-4-2-5-17(22)15(16)12-27-19-14-3-1-6-18(14)25(20(26)24-19)11-13-7-9-23-10-8-13/h2,4-5,7-10H,1,3,6,11-12H2. The molecule has 138 valence electrons. The van der Waals surface area contributed by atoms with E-state index in [1.165, 1.54) is 17.8 Å². The number of fused-ring (bicyclic) bond motifs is 1. The Morgan fingerprint density at radius 3 is 2.78 bits per heavy atom. The molecular formula is C20H17ClFN3OS. The number of pyridine rings is 1. The summed E-state index contributed by atoms with van der Waals surface area (Å²) in [5, 5.41) is 1.09. The van der Waals surface area contributed by atoms with Crippen LogP contribution in [0, 0.1) is 5.82 Å². The maximum Gasteiger partial charge on any atom is 0.349 e. The maximum atomic E-state index is 14.0. The van der Waals surface area contributed by atoms with Crippen molar-refractivity contribution in [2.75, 3.05) is 0 Å². The fourth-order valence-electron chi connectivity index (χ4n) is 3.35. The van der Waals surface area contributed by atoms with Gasteiger partial charge in [-0.1, -0.05) is 17.7 Å². The molecule has 0 saturated carbocycles. The zero-order valence-corrected chi connectivity index (χ0v) is 16.1. The van der Waals surface area contributed by atoms with Crippen LogP contribution < -0.4 is 5.69 Å². The summed E-state index contributed by atoms with van der Waals surface area (Å²) in [6, 6.07) is 8.45. The first-order valence-corrected chi connectivity index (χ1v) is 10.1. The summed E-state index contributed by atoms with van der Waals surface area (Å²) in [5.74, 6) is 0.0105. The van der Waals surface area contributed by atoms with E-state index in [9.17, 15) is 9.18 Å². The predicted molar refractivity (Wildman–Crippen MR) is 105 cm³/mol. The molecule has 0 N–H and O–H groups in total. The van der Waals surface area contributed by atoms with Gasteiger partial charge >= 0.3 is 5.69 Å². The lowest BCUT2D eigenvalue weighted by molar-refractivity contribution is 0.617. The Kier molecular flexibility index (Phi) is 5.27. The van der Waals surface area contributed by atoms with Gasteiger partial charge in [0.2, 0.25) is 0 Å². The second-order valence-corrected chi connectivity index (χ2v) is 7.78. The molecule has 1 aliphatic rings. The lowest BCUT2D eigenvalue weighted by Crippen LogP contribution is -2.27. The van der Waals surface area contributed by atoms with Crippen molar-refractivity contribution in [3.63, 3.8) is 0 Å². The van der Waals surface area contributed by atoms with Crippen LogP contribution >= 0.6 is 23.4 Å². The number of aromatic nitrogens is 3. The fourth-order valence-corrected chi connectivity index (χ4v) is 4.77. The molecule has 7 heteroatoms. The van der Waals surface area contributed by atoms with Crippen molar-refractivity contribution in [1.29, 1.82) is 0 Å². The molecule has 0 unspecified atom stereocenters. The summed E-state index contributed by atoms with van der Waals surface area (Å²) >= 11 is 7.49. The summed E-state index contributed by atoms with van der Waals surface area (Å²) in [7, 11) is 0. The lowest BCUT2D eigenvalue weighted by atomic mass is 10.2. The highest BCUT2D eigenvalue weighted by Gasteiger charge is 2.22. The molecule has 27 heavy (non-hydrogen) atoms.